The van der Waals surface area contributed by atoms with Gasteiger partial charge in [-0.3, -0.25) is 0 Å². The Hall–Kier alpha value is -1.06. The van der Waals surface area contributed by atoms with Gasteiger partial charge in [0.2, 0.25) is 0 Å². The van der Waals surface area contributed by atoms with E-state index in [1.54, 1.807) is 14.2 Å². The maximum atomic E-state index is 5.44. The Labute approximate surface area is 103 Å². The normalized spacial score (nSPS) is 24.6. The van der Waals surface area contributed by atoms with Gasteiger partial charge in [-0.2, -0.15) is 0 Å². The highest BCUT2D eigenvalue weighted by molar-refractivity contribution is 5.36. The lowest BCUT2D eigenvalue weighted by atomic mass is 9.86. The molecule has 1 N–H and O–H groups in total. The van der Waals surface area contributed by atoms with Crippen LogP contribution in [0.15, 0.2) is 24.3 Å². The van der Waals surface area contributed by atoms with Crippen molar-refractivity contribution < 1.29 is 9.47 Å². The molecule has 0 spiro atoms. The Kier molecular flexibility index (Phi) is 4.40. The van der Waals surface area contributed by atoms with Crippen molar-refractivity contribution in [3.05, 3.63) is 29.8 Å². The molecule has 17 heavy (non-hydrogen) atoms. The molecule has 2 atom stereocenters. The summed E-state index contributed by atoms with van der Waals surface area (Å²) in [5, 5.41) is 3.49. The molecular formula is C14H21NO2. The van der Waals surface area contributed by atoms with E-state index in [0.29, 0.717) is 12.0 Å². The van der Waals surface area contributed by atoms with E-state index in [1.807, 2.05) is 12.1 Å². The first-order valence-corrected chi connectivity index (χ1v) is 6.20. The number of nitrogens with one attached hydrogen (secondary N) is 1. The second-order valence-electron chi connectivity index (χ2n) is 4.57. The molecule has 1 aromatic carbocycles. The summed E-state index contributed by atoms with van der Waals surface area (Å²) >= 11 is 0. The van der Waals surface area contributed by atoms with Crippen LogP contribution in [0, 0.1) is 0 Å². The molecule has 2 unspecified atom stereocenters. The monoisotopic (exact) mass is 235 g/mol. The van der Waals surface area contributed by atoms with E-state index in [1.165, 1.54) is 12.0 Å². The number of methoxy groups -OCH3 is 2. The van der Waals surface area contributed by atoms with E-state index in [-0.39, 0.29) is 0 Å². The molecule has 2 rings (SSSR count). The molecule has 0 amide bonds. The number of piperidine rings is 1. The molecule has 3 heteroatoms. The van der Waals surface area contributed by atoms with Crippen molar-refractivity contribution in [2.45, 2.75) is 24.8 Å². The fraction of sp³-hybridized carbons (Fsp3) is 0.571. The number of benzene rings is 1. The third-order valence-corrected chi connectivity index (χ3v) is 3.44. The van der Waals surface area contributed by atoms with Gasteiger partial charge in [-0.25, -0.2) is 0 Å². The lowest BCUT2D eigenvalue weighted by molar-refractivity contribution is 0.148. The van der Waals surface area contributed by atoms with Crippen molar-refractivity contribution in [1.82, 2.24) is 5.32 Å². The van der Waals surface area contributed by atoms with Crippen molar-refractivity contribution in [3.63, 3.8) is 0 Å². The van der Waals surface area contributed by atoms with Gasteiger partial charge in [-0.1, -0.05) is 18.2 Å². The van der Waals surface area contributed by atoms with Gasteiger partial charge in [-0.15, -0.1) is 0 Å². The molecule has 1 aliphatic heterocycles. The largest absolute Gasteiger partial charge is 0.496 e. The van der Waals surface area contributed by atoms with E-state index in [2.05, 4.69) is 17.4 Å². The lowest BCUT2D eigenvalue weighted by Crippen LogP contribution is -2.40. The number of hydrogen-bond donors (Lipinski definition) is 1. The molecular weight excluding hydrogens is 214 g/mol. The van der Waals surface area contributed by atoms with Crippen LogP contribution < -0.4 is 10.1 Å². The highest BCUT2D eigenvalue weighted by Gasteiger charge is 2.24. The predicted octanol–water partition coefficient (Wildman–Crippen LogP) is 2.18. The second kappa shape index (κ2) is 6.03. The van der Waals surface area contributed by atoms with Crippen LogP contribution in [0.1, 0.15) is 24.3 Å². The van der Waals surface area contributed by atoms with Gasteiger partial charge in [0.15, 0.2) is 0 Å². The summed E-state index contributed by atoms with van der Waals surface area (Å²) in [6.07, 6.45) is 2.29. The molecule has 0 aliphatic carbocycles. The number of rotatable bonds is 4. The average molecular weight is 235 g/mol. The van der Waals surface area contributed by atoms with Crippen LogP contribution in [0.3, 0.4) is 0 Å². The second-order valence-corrected chi connectivity index (χ2v) is 4.57. The first kappa shape index (κ1) is 12.4. The van der Waals surface area contributed by atoms with Crippen molar-refractivity contribution in [3.8, 4) is 5.75 Å². The Bertz CT molecular complexity index is 352. The van der Waals surface area contributed by atoms with Crippen molar-refractivity contribution in [1.29, 1.82) is 0 Å². The van der Waals surface area contributed by atoms with Crippen LogP contribution in [0.25, 0.3) is 0 Å². The van der Waals surface area contributed by atoms with Gasteiger partial charge < -0.3 is 14.8 Å². The molecule has 0 radical (unpaired) electrons. The van der Waals surface area contributed by atoms with Crippen LogP contribution in [-0.4, -0.2) is 33.4 Å². The average Bonchev–Trinajstić information content (AvgIpc) is 2.39. The standard InChI is InChI=1S/C14H21NO2/c1-16-10-12-9-11(7-8-15-12)13-5-3-4-6-14(13)17-2/h3-6,11-12,15H,7-10H2,1-2H3. The lowest BCUT2D eigenvalue weighted by Gasteiger charge is -2.30. The summed E-state index contributed by atoms with van der Waals surface area (Å²) in [5.41, 5.74) is 1.33. The Morgan fingerprint density at radius 3 is 2.88 bits per heavy atom. The zero-order valence-electron chi connectivity index (χ0n) is 10.6. The molecule has 1 saturated heterocycles. The van der Waals surface area contributed by atoms with Gasteiger partial charge >= 0.3 is 0 Å². The van der Waals surface area contributed by atoms with E-state index >= 15 is 0 Å². The zero-order valence-corrected chi connectivity index (χ0v) is 10.6. The van der Waals surface area contributed by atoms with Crippen LogP contribution in [0.5, 0.6) is 5.75 Å². The molecule has 94 valence electrons. The van der Waals surface area contributed by atoms with Crippen molar-refractivity contribution in [2.24, 2.45) is 0 Å². The predicted molar refractivity (Wildman–Crippen MR) is 68.6 cm³/mol. The summed E-state index contributed by atoms with van der Waals surface area (Å²) in [4.78, 5) is 0. The molecule has 0 bridgehead atoms. The Morgan fingerprint density at radius 1 is 1.29 bits per heavy atom. The molecule has 3 nitrogen and oxygen atoms in total. The third kappa shape index (κ3) is 2.99. The number of hydrogen-bond acceptors (Lipinski definition) is 3. The van der Waals surface area contributed by atoms with Crippen molar-refractivity contribution in [2.75, 3.05) is 27.4 Å². The van der Waals surface area contributed by atoms with Gasteiger partial charge in [0, 0.05) is 13.2 Å². The first-order valence-electron chi connectivity index (χ1n) is 6.20. The molecule has 1 aliphatic rings. The minimum Gasteiger partial charge on any atom is -0.496 e. The molecule has 0 saturated carbocycles. The zero-order chi connectivity index (χ0) is 12.1. The highest BCUT2D eigenvalue weighted by atomic mass is 16.5. The van der Waals surface area contributed by atoms with Gasteiger partial charge in [-0.05, 0) is 36.9 Å². The van der Waals surface area contributed by atoms with Gasteiger partial charge in [0.25, 0.3) is 0 Å². The quantitative estimate of drug-likeness (QED) is 0.867. The van der Waals surface area contributed by atoms with Crippen LogP contribution in [0.2, 0.25) is 0 Å². The maximum Gasteiger partial charge on any atom is 0.122 e. The van der Waals surface area contributed by atoms with E-state index in [9.17, 15) is 0 Å². The number of ether oxygens (including phenoxy) is 2. The van der Waals surface area contributed by atoms with E-state index in [4.69, 9.17) is 9.47 Å². The highest BCUT2D eigenvalue weighted by Crippen LogP contribution is 2.33. The Balaban J connectivity index is 2.10. The molecule has 1 aromatic rings. The molecule has 0 aromatic heterocycles. The third-order valence-electron chi connectivity index (χ3n) is 3.44. The summed E-state index contributed by atoms with van der Waals surface area (Å²) in [5.74, 6) is 1.59. The summed E-state index contributed by atoms with van der Waals surface area (Å²) in [7, 11) is 3.50. The number of para-hydroxylation sites is 1. The van der Waals surface area contributed by atoms with Gasteiger partial charge in [0.1, 0.15) is 5.75 Å². The van der Waals surface area contributed by atoms with Crippen LogP contribution in [0.4, 0.5) is 0 Å². The molecule has 1 heterocycles. The minimum atomic E-state index is 0.462. The maximum absolute atomic E-state index is 5.44. The SMILES string of the molecule is COCC1CC(c2ccccc2OC)CCN1. The fourth-order valence-corrected chi connectivity index (χ4v) is 2.62. The van der Waals surface area contributed by atoms with Crippen LogP contribution >= 0.6 is 0 Å². The smallest absolute Gasteiger partial charge is 0.122 e. The minimum absolute atomic E-state index is 0.462. The summed E-state index contributed by atoms with van der Waals surface area (Å²) in [6, 6.07) is 8.80. The fourth-order valence-electron chi connectivity index (χ4n) is 2.62. The summed E-state index contributed by atoms with van der Waals surface area (Å²) in [6.45, 7) is 1.84. The Morgan fingerprint density at radius 2 is 2.12 bits per heavy atom. The molecule has 1 fully saturated rings. The van der Waals surface area contributed by atoms with Crippen LogP contribution in [-0.2, 0) is 4.74 Å². The topological polar surface area (TPSA) is 30.5 Å². The van der Waals surface area contributed by atoms with Crippen molar-refractivity contribution >= 4 is 0 Å². The van der Waals surface area contributed by atoms with E-state index < -0.39 is 0 Å². The van der Waals surface area contributed by atoms with Gasteiger partial charge in [0.05, 0.1) is 13.7 Å². The summed E-state index contributed by atoms with van der Waals surface area (Å²) < 4.78 is 10.7. The van der Waals surface area contributed by atoms with E-state index in [0.717, 1.165) is 25.3 Å². The first-order chi connectivity index (χ1) is 8.35.